The zero-order valence-electron chi connectivity index (χ0n) is 11.5. The Kier molecular flexibility index (Phi) is 3.88. The van der Waals surface area contributed by atoms with Crippen LogP contribution >= 0.6 is 0 Å². The zero-order chi connectivity index (χ0) is 15.6. The molecule has 21 heavy (non-hydrogen) atoms. The van der Waals surface area contributed by atoms with Gasteiger partial charge in [0.25, 0.3) is 5.91 Å². The van der Waals surface area contributed by atoms with Gasteiger partial charge in [0.2, 0.25) is 0 Å². The van der Waals surface area contributed by atoms with E-state index in [0.717, 1.165) is 5.56 Å². The number of carbonyl (C=O) groups is 1. The monoisotopic (exact) mass is 291 g/mol. The molecular weight excluding hydrogens is 277 g/mol. The molecule has 110 valence electrons. The Hall–Kier alpha value is -2.90. The lowest BCUT2D eigenvalue weighted by Crippen LogP contribution is -2.20. The number of aromatic nitrogens is 2. The van der Waals surface area contributed by atoms with Gasteiger partial charge in [-0.25, -0.2) is 4.39 Å². The van der Waals surface area contributed by atoms with Crippen molar-refractivity contribution in [2.75, 3.05) is 5.32 Å². The molecule has 1 aromatic carbocycles. The van der Waals surface area contributed by atoms with Crippen LogP contribution < -0.4 is 11.1 Å². The highest BCUT2D eigenvalue weighted by molar-refractivity contribution is 6.09. The molecule has 7 nitrogen and oxygen atoms in total. The van der Waals surface area contributed by atoms with Crippen molar-refractivity contribution in [2.45, 2.75) is 6.92 Å². The topological polar surface area (TPSA) is 106 Å². The SMILES string of the molecule is Cc1ccc(F)c(C(=O)Nc2c(C(N)=NO)cnn2C)c1. The molecule has 0 aliphatic carbocycles. The Morgan fingerprint density at radius 3 is 2.86 bits per heavy atom. The molecule has 1 aromatic heterocycles. The number of aryl methyl sites for hydroxylation is 2. The summed E-state index contributed by atoms with van der Waals surface area (Å²) >= 11 is 0. The van der Waals surface area contributed by atoms with Gasteiger partial charge in [-0.15, -0.1) is 0 Å². The van der Waals surface area contributed by atoms with Crippen molar-refractivity contribution in [3.05, 3.63) is 46.9 Å². The lowest BCUT2D eigenvalue weighted by atomic mass is 10.1. The third kappa shape index (κ3) is 2.83. The second-order valence-corrected chi connectivity index (χ2v) is 4.45. The second kappa shape index (κ2) is 5.61. The first-order chi connectivity index (χ1) is 9.93. The number of amidine groups is 1. The molecule has 4 N–H and O–H groups in total. The molecule has 2 aromatic rings. The van der Waals surface area contributed by atoms with Crippen LogP contribution in [0.5, 0.6) is 0 Å². The highest BCUT2D eigenvalue weighted by Crippen LogP contribution is 2.17. The third-order valence-corrected chi connectivity index (χ3v) is 2.92. The Balaban J connectivity index is 2.36. The van der Waals surface area contributed by atoms with Crippen LogP contribution in [-0.4, -0.2) is 26.7 Å². The van der Waals surface area contributed by atoms with E-state index in [1.54, 1.807) is 20.0 Å². The van der Waals surface area contributed by atoms with Crippen LogP contribution in [0, 0.1) is 12.7 Å². The molecule has 0 aliphatic rings. The summed E-state index contributed by atoms with van der Waals surface area (Å²) in [6.07, 6.45) is 1.33. The van der Waals surface area contributed by atoms with Gasteiger partial charge < -0.3 is 16.3 Å². The number of nitrogens with one attached hydrogen (secondary N) is 1. The number of hydrogen-bond donors (Lipinski definition) is 3. The van der Waals surface area contributed by atoms with Crippen LogP contribution in [0.2, 0.25) is 0 Å². The highest BCUT2D eigenvalue weighted by atomic mass is 19.1. The molecular formula is C13H14FN5O2. The van der Waals surface area contributed by atoms with Crippen molar-refractivity contribution >= 4 is 17.6 Å². The van der Waals surface area contributed by atoms with Crippen molar-refractivity contribution in [2.24, 2.45) is 17.9 Å². The van der Waals surface area contributed by atoms with Crippen LogP contribution in [0.4, 0.5) is 10.2 Å². The summed E-state index contributed by atoms with van der Waals surface area (Å²) in [6.45, 7) is 1.75. The number of benzene rings is 1. The molecule has 8 heteroatoms. The fraction of sp³-hybridized carbons (Fsp3) is 0.154. The van der Waals surface area contributed by atoms with Gasteiger partial charge >= 0.3 is 0 Å². The molecule has 0 atom stereocenters. The molecule has 0 aliphatic heterocycles. The fourth-order valence-electron chi connectivity index (χ4n) is 1.82. The van der Waals surface area contributed by atoms with E-state index in [0.29, 0.717) is 0 Å². The van der Waals surface area contributed by atoms with Gasteiger partial charge in [0.05, 0.1) is 17.3 Å². The summed E-state index contributed by atoms with van der Waals surface area (Å²) in [5, 5.41) is 18.0. The first kappa shape index (κ1) is 14.5. The van der Waals surface area contributed by atoms with Gasteiger partial charge in [-0.05, 0) is 19.1 Å². The zero-order valence-corrected chi connectivity index (χ0v) is 11.5. The lowest BCUT2D eigenvalue weighted by Gasteiger charge is -2.09. The standard InChI is InChI=1S/C13H14FN5O2/c1-7-3-4-10(14)8(5-7)13(20)17-12-9(11(15)18-21)6-16-19(12)2/h3-6,21H,1-2H3,(H2,15,18)(H,17,20). The Labute approximate surface area is 119 Å². The summed E-state index contributed by atoms with van der Waals surface area (Å²) < 4.78 is 15.0. The average molecular weight is 291 g/mol. The van der Waals surface area contributed by atoms with Crippen LogP contribution in [0.3, 0.4) is 0 Å². The highest BCUT2D eigenvalue weighted by Gasteiger charge is 2.18. The Bertz CT molecular complexity index is 723. The number of oxime groups is 1. The number of hydrogen-bond acceptors (Lipinski definition) is 4. The first-order valence-electron chi connectivity index (χ1n) is 6.01. The van der Waals surface area contributed by atoms with E-state index in [4.69, 9.17) is 10.9 Å². The molecule has 0 radical (unpaired) electrons. The van der Waals surface area contributed by atoms with E-state index in [-0.39, 0.29) is 22.8 Å². The van der Waals surface area contributed by atoms with Gasteiger partial charge in [0.1, 0.15) is 11.6 Å². The predicted octanol–water partition coefficient (Wildman–Crippen LogP) is 1.21. The van der Waals surface area contributed by atoms with Crippen molar-refractivity contribution in [1.82, 2.24) is 9.78 Å². The van der Waals surface area contributed by atoms with Gasteiger partial charge in [0.15, 0.2) is 5.84 Å². The molecule has 0 fully saturated rings. The molecule has 0 spiro atoms. The molecule has 0 unspecified atom stereocenters. The van der Waals surface area contributed by atoms with Gasteiger partial charge in [0, 0.05) is 7.05 Å². The fourth-order valence-corrected chi connectivity index (χ4v) is 1.82. The number of nitrogens with two attached hydrogens (primary N) is 1. The van der Waals surface area contributed by atoms with E-state index < -0.39 is 11.7 Å². The predicted molar refractivity (Wildman–Crippen MR) is 74.8 cm³/mol. The number of halogens is 1. The number of carbonyl (C=O) groups excluding carboxylic acids is 1. The summed E-state index contributed by atoms with van der Waals surface area (Å²) in [6, 6.07) is 4.22. The first-order valence-corrected chi connectivity index (χ1v) is 6.01. The maximum Gasteiger partial charge on any atom is 0.259 e. The second-order valence-electron chi connectivity index (χ2n) is 4.45. The summed E-state index contributed by atoms with van der Waals surface area (Å²) in [5.41, 5.74) is 6.39. The molecule has 0 saturated heterocycles. The summed E-state index contributed by atoms with van der Waals surface area (Å²) in [5.74, 6) is -1.28. The van der Waals surface area contributed by atoms with Crippen molar-refractivity contribution < 1.29 is 14.4 Å². The number of nitrogens with zero attached hydrogens (tertiary/aromatic N) is 3. The minimum absolute atomic E-state index is 0.0957. The maximum atomic E-state index is 13.7. The molecule has 1 heterocycles. The van der Waals surface area contributed by atoms with Crippen molar-refractivity contribution in [3.8, 4) is 0 Å². The molecule has 0 bridgehead atoms. The van der Waals surface area contributed by atoms with Gasteiger partial charge in [-0.1, -0.05) is 16.8 Å². The average Bonchev–Trinajstić information content (AvgIpc) is 2.82. The van der Waals surface area contributed by atoms with Crippen molar-refractivity contribution in [3.63, 3.8) is 0 Å². The van der Waals surface area contributed by atoms with Gasteiger partial charge in [-0.2, -0.15) is 5.10 Å². The van der Waals surface area contributed by atoms with Crippen LogP contribution in [0.1, 0.15) is 21.5 Å². The largest absolute Gasteiger partial charge is 0.409 e. The minimum Gasteiger partial charge on any atom is -0.409 e. The van der Waals surface area contributed by atoms with E-state index in [1.165, 1.54) is 23.0 Å². The molecule has 0 saturated carbocycles. The van der Waals surface area contributed by atoms with E-state index in [2.05, 4.69) is 15.6 Å². The quantitative estimate of drug-likeness (QED) is 0.342. The Morgan fingerprint density at radius 1 is 1.48 bits per heavy atom. The van der Waals surface area contributed by atoms with Crippen LogP contribution in [0.15, 0.2) is 29.6 Å². The van der Waals surface area contributed by atoms with Crippen LogP contribution in [-0.2, 0) is 7.05 Å². The smallest absolute Gasteiger partial charge is 0.259 e. The number of anilines is 1. The van der Waals surface area contributed by atoms with E-state index >= 15 is 0 Å². The van der Waals surface area contributed by atoms with E-state index in [1.807, 2.05) is 0 Å². The number of amides is 1. The van der Waals surface area contributed by atoms with Crippen LogP contribution in [0.25, 0.3) is 0 Å². The molecule has 1 amide bonds. The Morgan fingerprint density at radius 2 is 2.19 bits per heavy atom. The minimum atomic E-state index is -0.646. The summed E-state index contributed by atoms with van der Waals surface area (Å²) in [4.78, 5) is 12.2. The van der Waals surface area contributed by atoms with E-state index in [9.17, 15) is 9.18 Å². The van der Waals surface area contributed by atoms with Gasteiger partial charge in [-0.3, -0.25) is 9.48 Å². The third-order valence-electron chi connectivity index (χ3n) is 2.92. The summed E-state index contributed by atoms with van der Waals surface area (Å²) in [7, 11) is 1.57. The van der Waals surface area contributed by atoms with Crippen molar-refractivity contribution in [1.29, 1.82) is 0 Å². The maximum absolute atomic E-state index is 13.7. The molecule has 2 rings (SSSR count). The number of rotatable bonds is 3. The lowest BCUT2D eigenvalue weighted by molar-refractivity contribution is 0.102. The normalized spacial score (nSPS) is 11.5.